The Morgan fingerprint density at radius 2 is 2.09 bits per heavy atom. The van der Waals surface area contributed by atoms with Crippen LogP contribution in [-0.2, 0) is 6.54 Å². The van der Waals surface area contributed by atoms with Gasteiger partial charge in [0.15, 0.2) is 0 Å². The summed E-state index contributed by atoms with van der Waals surface area (Å²) < 4.78 is 3.23. The minimum Gasteiger partial charge on any atom is -0.354 e. The summed E-state index contributed by atoms with van der Waals surface area (Å²) in [5, 5.41) is 3.86. The van der Waals surface area contributed by atoms with Crippen molar-refractivity contribution in [1.82, 2.24) is 14.8 Å². The summed E-state index contributed by atoms with van der Waals surface area (Å²) in [5.74, 6) is 0.663. The molecule has 3 rings (SSSR count). The highest BCUT2D eigenvalue weighted by molar-refractivity contribution is 9.10. The van der Waals surface area contributed by atoms with Crippen molar-refractivity contribution < 1.29 is 4.79 Å². The Hall–Kier alpha value is -1.33. The highest BCUT2D eigenvalue weighted by atomic mass is 79.9. The molecule has 5 heteroatoms. The molecule has 1 saturated carbocycles. The van der Waals surface area contributed by atoms with Crippen molar-refractivity contribution in [3.63, 3.8) is 0 Å². The average Bonchev–Trinajstić information content (AvgIpc) is 3.26. The van der Waals surface area contributed by atoms with Crippen LogP contribution in [0.1, 0.15) is 34.8 Å². The fraction of sp³-hybridized carbons (Fsp3) is 0.471. The summed E-state index contributed by atoms with van der Waals surface area (Å²) in [5.41, 5.74) is 3.26. The number of fused-ring (bicyclic) bond motifs is 1. The van der Waals surface area contributed by atoms with Crippen LogP contribution < -0.4 is 5.32 Å². The van der Waals surface area contributed by atoms with E-state index in [1.54, 1.807) is 7.05 Å². The van der Waals surface area contributed by atoms with Crippen molar-refractivity contribution >= 4 is 32.7 Å². The number of benzene rings is 1. The van der Waals surface area contributed by atoms with Crippen molar-refractivity contribution in [3.8, 4) is 0 Å². The molecule has 1 aliphatic rings. The second-order valence-electron chi connectivity index (χ2n) is 6.27. The third kappa shape index (κ3) is 2.92. The molecule has 1 fully saturated rings. The van der Waals surface area contributed by atoms with Crippen LogP contribution in [0.5, 0.6) is 0 Å². The number of halogens is 1. The number of hydrogen-bond acceptors (Lipinski definition) is 2. The van der Waals surface area contributed by atoms with Crippen molar-refractivity contribution in [1.29, 1.82) is 0 Å². The Kier molecular flexibility index (Phi) is 4.28. The molecule has 1 heterocycles. The maximum atomic E-state index is 12.2. The molecule has 1 N–H and O–H groups in total. The van der Waals surface area contributed by atoms with Gasteiger partial charge in [0.2, 0.25) is 0 Å². The van der Waals surface area contributed by atoms with E-state index in [2.05, 4.69) is 56.9 Å². The number of amides is 1. The van der Waals surface area contributed by atoms with E-state index in [1.165, 1.54) is 18.4 Å². The lowest BCUT2D eigenvalue weighted by atomic mass is 10.1. The molecule has 0 radical (unpaired) electrons. The van der Waals surface area contributed by atoms with Gasteiger partial charge < -0.3 is 14.8 Å². The van der Waals surface area contributed by atoms with Crippen LogP contribution in [0.3, 0.4) is 0 Å². The van der Waals surface area contributed by atoms with Crippen LogP contribution >= 0.6 is 15.9 Å². The number of carbonyl (C=O) groups excluding carboxylic acids is 1. The van der Waals surface area contributed by atoms with Crippen LogP contribution in [0.25, 0.3) is 10.9 Å². The first-order valence-electron chi connectivity index (χ1n) is 7.70. The van der Waals surface area contributed by atoms with Crippen LogP contribution in [0, 0.1) is 0 Å². The number of carbonyl (C=O) groups is 1. The van der Waals surface area contributed by atoms with Gasteiger partial charge in [-0.05, 0) is 56.6 Å². The molecule has 1 aliphatic carbocycles. The monoisotopic (exact) mass is 363 g/mol. The molecule has 4 nitrogen and oxygen atoms in total. The standard InChI is InChI=1S/C17H22BrN3O/c1-19-17(22)16-10-13-14(18)8-12(11-4-5-11)9-15(13)21(16)7-6-20(2)3/h8-11H,4-7H2,1-3H3,(H,19,22). The van der Waals surface area contributed by atoms with Crippen LogP contribution in [0.15, 0.2) is 22.7 Å². The third-order valence-corrected chi connectivity index (χ3v) is 4.93. The van der Waals surface area contributed by atoms with E-state index in [4.69, 9.17) is 0 Å². The lowest BCUT2D eigenvalue weighted by Crippen LogP contribution is -2.25. The maximum Gasteiger partial charge on any atom is 0.267 e. The van der Waals surface area contributed by atoms with Gasteiger partial charge in [-0.15, -0.1) is 0 Å². The van der Waals surface area contributed by atoms with Crippen molar-refractivity contribution in [2.45, 2.75) is 25.3 Å². The molecule has 2 aromatic rings. The molecule has 22 heavy (non-hydrogen) atoms. The quantitative estimate of drug-likeness (QED) is 0.885. The first kappa shape index (κ1) is 15.6. The van der Waals surface area contributed by atoms with Gasteiger partial charge >= 0.3 is 0 Å². The second-order valence-corrected chi connectivity index (χ2v) is 7.13. The number of nitrogens with one attached hydrogen (secondary N) is 1. The molecule has 0 saturated heterocycles. The molecule has 0 spiro atoms. The molecular formula is C17H22BrN3O. The maximum absolute atomic E-state index is 12.2. The predicted octanol–water partition coefficient (Wildman–Crippen LogP) is 3.20. The lowest BCUT2D eigenvalue weighted by molar-refractivity contribution is 0.0954. The van der Waals surface area contributed by atoms with Crippen LogP contribution in [0.2, 0.25) is 0 Å². The molecule has 1 amide bonds. The zero-order valence-corrected chi connectivity index (χ0v) is 14.9. The summed E-state index contributed by atoms with van der Waals surface area (Å²) in [6.07, 6.45) is 2.55. The predicted molar refractivity (Wildman–Crippen MR) is 93.6 cm³/mol. The summed E-state index contributed by atoms with van der Waals surface area (Å²) in [7, 11) is 5.79. The number of nitrogens with zero attached hydrogens (tertiary/aromatic N) is 2. The van der Waals surface area contributed by atoms with Crippen molar-refractivity contribution in [2.24, 2.45) is 0 Å². The van der Waals surface area contributed by atoms with E-state index in [0.717, 1.165) is 34.2 Å². The van der Waals surface area contributed by atoms with E-state index in [0.29, 0.717) is 5.92 Å². The zero-order valence-electron chi connectivity index (χ0n) is 13.3. The minimum atomic E-state index is -0.0326. The van der Waals surface area contributed by atoms with E-state index in [9.17, 15) is 4.79 Å². The molecule has 0 unspecified atom stereocenters. The Balaban J connectivity index is 2.13. The number of rotatable bonds is 5. The molecule has 0 aliphatic heterocycles. The number of aromatic nitrogens is 1. The van der Waals surface area contributed by atoms with Gasteiger partial charge in [0, 0.05) is 30.0 Å². The topological polar surface area (TPSA) is 37.3 Å². The van der Waals surface area contributed by atoms with Gasteiger partial charge in [0.05, 0.1) is 5.52 Å². The van der Waals surface area contributed by atoms with Crippen LogP contribution in [-0.4, -0.2) is 43.1 Å². The lowest BCUT2D eigenvalue weighted by Gasteiger charge is -2.14. The van der Waals surface area contributed by atoms with E-state index < -0.39 is 0 Å². The van der Waals surface area contributed by atoms with Gasteiger partial charge in [-0.3, -0.25) is 4.79 Å². The smallest absolute Gasteiger partial charge is 0.267 e. The molecule has 118 valence electrons. The summed E-state index contributed by atoms with van der Waals surface area (Å²) in [6, 6.07) is 6.47. The minimum absolute atomic E-state index is 0.0326. The Bertz CT molecular complexity index is 716. The van der Waals surface area contributed by atoms with E-state index in [-0.39, 0.29) is 5.91 Å². The Morgan fingerprint density at radius 3 is 2.68 bits per heavy atom. The summed E-state index contributed by atoms with van der Waals surface area (Å²) in [4.78, 5) is 14.4. The summed E-state index contributed by atoms with van der Waals surface area (Å²) >= 11 is 3.69. The average molecular weight is 364 g/mol. The first-order chi connectivity index (χ1) is 10.5. The largest absolute Gasteiger partial charge is 0.354 e. The van der Waals surface area contributed by atoms with Gasteiger partial charge in [-0.25, -0.2) is 0 Å². The molecule has 1 aromatic heterocycles. The summed E-state index contributed by atoms with van der Waals surface area (Å²) in [6.45, 7) is 1.71. The number of likely N-dealkylation sites (N-methyl/N-ethyl adjacent to an activating group) is 1. The second kappa shape index (κ2) is 6.05. The van der Waals surface area contributed by atoms with Crippen molar-refractivity contribution in [3.05, 3.63) is 33.9 Å². The fourth-order valence-electron chi connectivity index (χ4n) is 2.84. The molecule has 0 atom stereocenters. The Labute approximate surface area is 139 Å². The van der Waals surface area contributed by atoms with Crippen LogP contribution in [0.4, 0.5) is 0 Å². The highest BCUT2D eigenvalue weighted by Gasteiger charge is 2.25. The zero-order chi connectivity index (χ0) is 15.9. The number of hydrogen-bond donors (Lipinski definition) is 1. The fourth-order valence-corrected chi connectivity index (χ4v) is 3.43. The molecular weight excluding hydrogens is 342 g/mol. The third-order valence-electron chi connectivity index (χ3n) is 4.27. The van der Waals surface area contributed by atoms with E-state index in [1.807, 2.05) is 6.07 Å². The normalized spacial score (nSPS) is 14.8. The van der Waals surface area contributed by atoms with Crippen molar-refractivity contribution in [2.75, 3.05) is 27.7 Å². The SMILES string of the molecule is CNC(=O)c1cc2c(Br)cc(C3CC3)cc2n1CCN(C)C. The Morgan fingerprint density at radius 1 is 1.36 bits per heavy atom. The van der Waals surface area contributed by atoms with Gasteiger partial charge in [-0.2, -0.15) is 0 Å². The van der Waals surface area contributed by atoms with E-state index >= 15 is 0 Å². The van der Waals surface area contributed by atoms with Gasteiger partial charge in [-0.1, -0.05) is 15.9 Å². The highest BCUT2D eigenvalue weighted by Crippen LogP contribution is 2.43. The first-order valence-corrected chi connectivity index (χ1v) is 8.50. The molecule has 0 bridgehead atoms. The van der Waals surface area contributed by atoms with Gasteiger partial charge in [0.1, 0.15) is 5.69 Å². The van der Waals surface area contributed by atoms with Gasteiger partial charge in [0.25, 0.3) is 5.91 Å². The molecule has 1 aromatic carbocycles.